The molecule has 0 amide bonds. The molecule has 1 atom stereocenters. The molecule has 16 heavy (non-hydrogen) atoms. The van der Waals surface area contributed by atoms with Crippen LogP contribution in [-0.2, 0) is 19.1 Å². The SMILES string of the molecule is CC(C)(C)C(C)(C)C(=O)OC1CCOC1=O. The zero-order chi connectivity index (χ0) is 12.6. The van der Waals surface area contributed by atoms with Crippen molar-refractivity contribution < 1.29 is 19.1 Å². The van der Waals surface area contributed by atoms with Gasteiger partial charge >= 0.3 is 11.9 Å². The van der Waals surface area contributed by atoms with E-state index in [1.807, 2.05) is 34.6 Å². The number of ether oxygens (including phenoxy) is 2. The van der Waals surface area contributed by atoms with E-state index >= 15 is 0 Å². The van der Waals surface area contributed by atoms with Crippen LogP contribution in [0.2, 0.25) is 0 Å². The van der Waals surface area contributed by atoms with Crippen LogP contribution >= 0.6 is 0 Å². The second-order valence-corrected chi connectivity index (χ2v) is 5.73. The van der Waals surface area contributed by atoms with E-state index in [0.717, 1.165) is 0 Å². The third-order valence-corrected chi connectivity index (χ3v) is 3.52. The summed E-state index contributed by atoms with van der Waals surface area (Å²) < 4.78 is 9.95. The summed E-state index contributed by atoms with van der Waals surface area (Å²) in [5.74, 6) is -0.776. The molecule has 0 aliphatic carbocycles. The number of hydrogen-bond donors (Lipinski definition) is 0. The fraction of sp³-hybridized carbons (Fsp3) is 0.833. The first-order valence-electron chi connectivity index (χ1n) is 5.54. The van der Waals surface area contributed by atoms with Crippen LogP contribution in [0.5, 0.6) is 0 Å². The topological polar surface area (TPSA) is 52.6 Å². The lowest BCUT2D eigenvalue weighted by molar-refractivity contribution is -0.171. The minimum Gasteiger partial charge on any atom is -0.463 e. The van der Waals surface area contributed by atoms with Crippen molar-refractivity contribution >= 4 is 11.9 Å². The van der Waals surface area contributed by atoms with Crippen LogP contribution in [0, 0.1) is 10.8 Å². The van der Waals surface area contributed by atoms with Crippen molar-refractivity contribution in [3.8, 4) is 0 Å². The van der Waals surface area contributed by atoms with Gasteiger partial charge in [-0.2, -0.15) is 0 Å². The first-order valence-corrected chi connectivity index (χ1v) is 5.54. The average Bonchev–Trinajstić information content (AvgIpc) is 2.49. The zero-order valence-corrected chi connectivity index (χ0v) is 10.6. The minimum absolute atomic E-state index is 0.216. The number of hydrogen-bond acceptors (Lipinski definition) is 4. The quantitative estimate of drug-likeness (QED) is 0.677. The van der Waals surface area contributed by atoms with Crippen molar-refractivity contribution in [2.75, 3.05) is 6.61 Å². The number of rotatable bonds is 2. The van der Waals surface area contributed by atoms with Gasteiger partial charge in [0.25, 0.3) is 0 Å². The number of esters is 2. The summed E-state index contributed by atoms with van der Waals surface area (Å²) in [6.07, 6.45) is -0.251. The predicted octanol–water partition coefficient (Wildman–Crippen LogP) is 1.92. The van der Waals surface area contributed by atoms with Crippen LogP contribution in [0.4, 0.5) is 0 Å². The highest BCUT2D eigenvalue weighted by Gasteiger charge is 2.43. The van der Waals surface area contributed by atoms with E-state index in [9.17, 15) is 9.59 Å². The lowest BCUT2D eigenvalue weighted by Gasteiger charge is -2.36. The molecule has 0 aromatic carbocycles. The molecule has 92 valence electrons. The van der Waals surface area contributed by atoms with E-state index in [-0.39, 0.29) is 11.4 Å². The van der Waals surface area contributed by atoms with E-state index in [2.05, 4.69) is 0 Å². The van der Waals surface area contributed by atoms with Gasteiger partial charge in [-0.15, -0.1) is 0 Å². The normalized spacial score (nSPS) is 21.8. The maximum Gasteiger partial charge on any atom is 0.347 e. The smallest absolute Gasteiger partial charge is 0.347 e. The van der Waals surface area contributed by atoms with Gasteiger partial charge in [0.15, 0.2) is 0 Å². The van der Waals surface area contributed by atoms with Gasteiger partial charge in [0.1, 0.15) is 0 Å². The molecule has 0 N–H and O–H groups in total. The summed E-state index contributed by atoms with van der Waals surface area (Å²) in [7, 11) is 0. The largest absolute Gasteiger partial charge is 0.463 e. The van der Waals surface area contributed by atoms with Crippen molar-refractivity contribution in [3.63, 3.8) is 0 Å². The lowest BCUT2D eigenvalue weighted by atomic mass is 9.69. The van der Waals surface area contributed by atoms with E-state index in [1.165, 1.54) is 0 Å². The Bertz CT molecular complexity index is 299. The molecule has 1 aliphatic heterocycles. The van der Waals surface area contributed by atoms with E-state index in [1.54, 1.807) is 0 Å². The Balaban J connectivity index is 2.68. The van der Waals surface area contributed by atoms with Gasteiger partial charge in [-0.3, -0.25) is 4.79 Å². The molecule has 1 saturated heterocycles. The molecule has 1 rings (SSSR count). The van der Waals surface area contributed by atoms with Crippen molar-refractivity contribution in [2.45, 2.75) is 47.1 Å². The summed E-state index contributed by atoms with van der Waals surface area (Å²) in [6.45, 7) is 9.92. The summed E-state index contributed by atoms with van der Waals surface area (Å²) in [4.78, 5) is 23.2. The Labute approximate surface area is 96.3 Å². The molecule has 1 fully saturated rings. The van der Waals surface area contributed by atoms with Crippen molar-refractivity contribution in [1.29, 1.82) is 0 Å². The zero-order valence-electron chi connectivity index (χ0n) is 10.6. The summed E-state index contributed by atoms with van der Waals surface area (Å²) in [6, 6.07) is 0. The monoisotopic (exact) mass is 228 g/mol. The molecule has 4 nitrogen and oxygen atoms in total. The Morgan fingerprint density at radius 2 is 1.88 bits per heavy atom. The van der Waals surface area contributed by atoms with Crippen LogP contribution in [0.1, 0.15) is 41.0 Å². The number of carbonyl (C=O) groups excluding carboxylic acids is 2. The van der Waals surface area contributed by atoms with Crippen molar-refractivity contribution in [2.24, 2.45) is 10.8 Å². The molecule has 0 bridgehead atoms. The first-order chi connectivity index (χ1) is 7.16. The molecule has 1 unspecified atom stereocenters. The first kappa shape index (κ1) is 13.0. The second-order valence-electron chi connectivity index (χ2n) is 5.73. The van der Waals surface area contributed by atoms with Gasteiger partial charge in [0, 0.05) is 6.42 Å². The van der Waals surface area contributed by atoms with E-state index < -0.39 is 17.5 Å². The number of carbonyl (C=O) groups is 2. The maximum absolute atomic E-state index is 12.0. The van der Waals surface area contributed by atoms with Gasteiger partial charge in [-0.25, -0.2) is 4.79 Å². The van der Waals surface area contributed by atoms with Gasteiger partial charge in [-0.05, 0) is 19.3 Å². The summed E-state index contributed by atoms with van der Waals surface area (Å²) in [5.41, 5.74) is -0.845. The van der Waals surface area contributed by atoms with Crippen molar-refractivity contribution in [3.05, 3.63) is 0 Å². The molecule has 0 radical (unpaired) electrons. The summed E-state index contributed by atoms with van der Waals surface area (Å²) in [5, 5.41) is 0. The Hall–Kier alpha value is -1.06. The molecule has 1 aliphatic rings. The maximum atomic E-state index is 12.0. The molecule has 0 aromatic heterocycles. The van der Waals surface area contributed by atoms with E-state index in [4.69, 9.17) is 9.47 Å². The van der Waals surface area contributed by atoms with Crippen LogP contribution < -0.4 is 0 Å². The fourth-order valence-corrected chi connectivity index (χ4v) is 1.17. The van der Waals surface area contributed by atoms with E-state index in [0.29, 0.717) is 13.0 Å². The molecule has 4 heteroatoms. The Morgan fingerprint density at radius 3 is 2.25 bits per heavy atom. The molecule has 0 saturated carbocycles. The lowest BCUT2D eigenvalue weighted by Crippen LogP contribution is -2.41. The average molecular weight is 228 g/mol. The highest BCUT2D eigenvalue weighted by Crippen LogP contribution is 2.39. The highest BCUT2D eigenvalue weighted by molar-refractivity contribution is 5.83. The summed E-state index contributed by atoms with van der Waals surface area (Å²) >= 11 is 0. The second kappa shape index (κ2) is 4.07. The molecule has 0 aromatic rings. The third kappa shape index (κ3) is 2.36. The van der Waals surface area contributed by atoms with Crippen LogP contribution in [0.3, 0.4) is 0 Å². The van der Waals surface area contributed by atoms with Crippen molar-refractivity contribution in [1.82, 2.24) is 0 Å². The van der Waals surface area contributed by atoms with Gasteiger partial charge in [0.2, 0.25) is 6.10 Å². The third-order valence-electron chi connectivity index (χ3n) is 3.52. The Kier molecular flexibility index (Phi) is 3.31. The van der Waals surface area contributed by atoms with Crippen LogP contribution in [0.25, 0.3) is 0 Å². The molecular weight excluding hydrogens is 208 g/mol. The molecular formula is C12H20O4. The molecule has 0 spiro atoms. The minimum atomic E-state index is -0.714. The number of cyclic esters (lactones) is 1. The standard InChI is InChI=1S/C12H20O4/c1-11(2,3)12(4,5)10(14)16-8-6-7-15-9(8)13/h8H,6-7H2,1-5H3. The van der Waals surface area contributed by atoms with Crippen LogP contribution in [-0.4, -0.2) is 24.6 Å². The van der Waals surface area contributed by atoms with Gasteiger partial charge < -0.3 is 9.47 Å². The highest BCUT2D eigenvalue weighted by atomic mass is 16.6. The Morgan fingerprint density at radius 1 is 1.31 bits per heavy atom. The fourth-order valence-electron chi connectivity index (χ4n) is 1.17. The van der Waals surface area contributed by atoms with Crippen LogP contribution in [0.15, 0.2) is 0 Å². The predicted molar refractivity (Wildman–Crippen MR) is 58.7 cm³/mol. The van der Waals surface area contributed by atoms with Gasteiger partial charge in [0.05, 0.1) is 12.0 Å². The molecule has 1 heterocycles. The van der Waals surface area contributed by atoms with Gasteiger partial charge in [-0.1, -0.05) is 20.8 Å².